The molecule has 0 rings (SSSR count). The summed E-state index contributed by atoms with van der Waals surface area (Å²) in [6, 6.07) is 0. The fraction of sp³-hybridized carbons (Fsp3) is 0.967. The van der Waals surface area contributed by atoms with Crippen molar-refractivity contribution >= 4 is 12.3 Å². The molecule has 0 aliphatic rings. The van der Waals surface area contributed by atoms with Crippen molar-refractivity contribution in [1.29, 1.82) is 0 Å². The standard InChI is InChI=1S/C61H120O26/c1-13-49(63)25-76-37-59(33-72-21-45(9)62,38-77-26-50(64)14-2)34-75-24-48(12)86-58(71)87-56(20-8)32-83-44-61(42-81-30-54(68)18-6,43-82-31-55(69)19-7)36-74-23-47(11)85-57(70)84-46(10)22-73-35-60(39-78-27-51(65)15-3,40-79-28-52(66)16-4)41-80-29-53(67)17-5/h45-56,62-69H,13-44H2,1-12H3. The molecule has 0 aliphatic heterocycles. The molecule has 26 nitrogen and oxygen atoms in total. The van der Waals surface area contributed by atoms with Gasteiger partial charge in [0.1, 0.15) is 24.4 Å². The minimum Gasteiger partial charge on any atom is -0.429 e. The van der Waals surface area contributed by atoms with E-state index in [4.69, 9.17) is 75.8 Å². The zero-order chi connectivity index (χ0) is 65.5. The average molecular weight is 1270 g/mol. The van der Waals surface area contributed by atoms with Crippen LogP contribution < -0.4 is 0 Å². The first kappa shape index (κ1) is 84.7. The molecule has 8 N–H and O–H groups in total. The van der Waals surface area contributed by atoms with Crippen LogP contribution in [0.1, 0.15) is 134 Å². The number of rotatable bonds is 60. The highest BCUT2D eigenvalue weighted by molar-refractivity contribution is 5.60. The summed E-state index contributed by atoms with van der Waals surface area (Å²) in [6.45, 7) is 21.2. The highest BCUT2D eigenvalue weighted by Gasteiger charge is 2.37. The fourth-order valence-electron chi connectivity index (χ4n) is 7.65. The van der Waals surface area contributed by atoms with Gasteiger partial charge in [0, 0.05) is 0 Å². The second-order valence-electron chi connectivity index (χ2n) is 23.4. The van der Waals surface area contributed by atoms with Crippen LogP contribution in [0.5, 0.6) is 0 Å². The van der Waals surface area contributed by atoms with Gasteiger partial charge in [-0.1, -0.05) is 55.4 Å². The Labute approximate surface area is 519 Å². The van der Waals surface area contributed by atoms with Crippen LogP contribution in [0.15, 0.2) is 0 Å². The maximum Gasteiger partial charge on any atom is 0.508 e. The van der Waals surface area contributed by atoms with Gasteiger partial charge in [0.15, 0.2) is 0 Å². The second-order valence-corrected chi connectivity index (χ2v) is 23.4. The van der Waals surface area contributed by atoms with Crippen molar-refractivity contribution in [2.24, 2.45) is 16.2 Å². The average Bonchev–Trinajstić information content (AvgIpc) is 3.43. The number of hydrogen-bond donors (Lipinski definition) is 8. The lowest BCUT2D eigenvalue weighted by molar-refractivity contribution is -0.137. The Balaban J connectivity index is 6.01. The fourth-order valence-corrected chi connectivity index (χ4v) is 7.65. The molecular formula is C61H120O26. The van der Waals surface area contributed by atoms with Crippen LogP contribution in [0.4, 0.5) is 9.59 Å². The van der Waals surface area contributed by atoms with Gasteiger partial charge in [-0.05, 0) is 79.1 Å². The molecule has 0 aromatic heterocycles. The molecule has 0 heterocycles. The van der Waals surface area contributed by atoms with E-state index in [1.807, 2.05) is 48.5 Å². The van der Waals surface area contributed by atoms with Crippen molar-refractivity contribution < 1.29 is 126 Å². The maximum absolute atomic E-state index is 13.2. The number of carbonyl (C=O) groups is 2. The third kappa shape index (κ3) is 43.2. The van der Waals surface area contributed by atoms with Crippen LogP contribution in [0.25, 0.3) is 0 Å². The first-order valence-corrected chi connectivity index (χ1v) is 31.5. The Kier molecular flexibility index (Phi) is 49.9. The highest BCUT2D eigenvalue weighted by atomic mass is 16.7. The second kappa shape index (κ2) is 51.3. The summed E-state index contributed by atoms with van der Waals surface area (Å²) in [5.41, 5.74) is -2.92. The first-order chi connectivity index (χ1) is 41.4. The van der Waals surface area contributed by atoms with Crippen LogP contribution >= 0.6 is 0 Å². The summed E-state index contributed by atoms with van der Waals surface area (Å²) in [5.74, 6) is 0. The van der Waals surface area contributed by atoms with E-state index in [1.165, 1.54) is 0 Å². The topological polar surface area (TPSA) is 344 Å². The maximum atomic E-state index is 13.2. The van der Waals surface area contributed by atoms with Crippen LogP contribution in [0.3, 0.4) is 0 Å². The Morgan fingerprint density at radius 2 is 0.448 bits per heavy atom. The van der Waals surface area contributed by atoms with Gasteiger partial charge in [-0.25, -0.2) is 9.59 Å². The van der Waals surface area contributed by atoms with Crippen molar-refractivity contribution in [3.05, 3.63) is 0 Å². The van der Waals surface area contributed by atoms with E-state index < -0.39 is 102 Å². The van der Waals surface area contributed by atoms with Gasteiger partial charge < -0.3 is 117 Å². The molecule has 0 amide bonds. The smallest absolute Gasteiger partial charge is 0.429 e. The van der Waals surface area contributed by atoms with E-state index in [9.17, 15) is 50.4 Å². The Morgan fingerprint density at radius 1 is 0.264 bits per heavy atom. The van der Waals surface area contributed by atoms with Gasteiger partial charge >= 0.3 is 12.3 Å². The zero-order valence-corrected chi connectivity index (χ0v) is 55.0. The number of carbonyl (C=O) groups excluding carboxylic acids is 2. The third-order valence-electron chi connectivity index (χ3n) is 13.7. The Morgan fingerprint density at radius 3 is 0.644 bits per heavy atom. The molecule has 520 valence electrons. The van der Waals surface area contributed by atoms with Gasteiger partial charge in [0.05, 0.1) is 224 Å². The van der Waals surface area contributed by atoms with E-state index in [2.05, 4.69) is 0 Å². The first-order valence-electron chi connectivity index (χ1n) is 31.5. The molecule has 26 heteroatoms. The molecule has 12 atom stereocenters. The predicted molar refractivity (Wildman–Crippen MR) is 320 cm³/mol. The van der Waals surface area contributed by atoms with Crippen molar-refractivity contribution in [1.82, 2.24) is 0 Å². The summed E-state index contributed by atoms with van der Waals surface area (Å²) < 4.78 is 94.2. The largest absolute Gasteiger partial charge is 0.508 e. The van der Waals surface area contributed by atoms with Crippen LogP contribution in [0.2, 0.25) is 0 Å². The number of hydrogen-bond acceptors (Lipinski definition) is 26. The normalized spacial score (nSPS) is 18.3. The van der Waals surface area contributed by atoms with Gasteiger partial charge in [-0.2, -0.15) is 0 Å². The third-order valence-corrected chi connectivity index (χ3v) is 13.7. The van der Waals surface area contributed by atoms with E-state index in [0.29, 0.717) is 51.4 Å². The highest BCUT2D eigenvalue weighted by Crippen LogP contribution is 2.26. The molecule has 0 radical (unpaired) electrons. The molecule has 0 aromatic carbocycles. The molecule has 0 saturated heterocycles. The number of aliphatic hydroxyl groups is 8. The van der Waals surface area contributed by atoms with E-state index in [1.54, 1.807) is 34.6 Å². The summed E-state index contributed by atoms with van der Waals surface area (Å²) in [5, 5.41) is 81.5. The monoisotopic (exact) mass is 1270 g/mol. The number of aliphatic hydroxyl groups excluding tert-OH is 8. The summed E-state index contributed by atoms with van der Waals surface area (Å²) in [7, 11) is 0. The van der Waals surface area contributed by atoms with E-state index in [0.717, 1.165) is 0 Å². The Hall–Kier alpha value is -2.26. The lowest BCUT2D eigenvalue weighted by Crippen LogP contribution is -2.44. The van der Waals surface area contributed by atoms with Crippen molar-refractivity contribution in [3.63, 3.8) is 0 Å². The van der Waals surface area contributed by atoms with Gasteiger partial charge in [-0.15, -0.1) is 0 Å². The predicted octanol–water partition coefficient (Wildman–Crippen LogP) is 4.17. The zero-order valence-electron chi connectivity index (χ0n) is 55.0. The lowest BCUT2D eigenvalue weighted by Gasteiger charge is -2.34. The van der Waals surface area contributed by atoms with Crippen LogP contribution in [-0.2, 0) is 75.8 Å². The van der Waals surface area contributed by atoms with Crippen molar-refractivity contribution in [2.75, 3.05) is 159 Å². The van der Waals surface area contributed by atoms with Crippen LogP contribution in [0, 0.1) is 16.2 Å². The van der Waals surface area contributed by atoms with Gasteiger partial charge in [0.2, 0.25) is 0 Å². The minimum absolute atomic E-state index is 0.00534. The van der Waals surface area contributed by atoms with Crippen molar-refractivity contribution in [2.45, 2.75) is 208 Å². The van der Waals surface area contributed by atoms with E-state index in [-0.39, 0.29) is 159 Å². The van der Waals surface area contributed by atoms with E-state index >= 15 is 0 Å². The molecular weight excluding hydrogens is 1150 g/mol. The molecule has 0 aliphatic carbocycles. The lowest BCUT2D eigenvalue weighted by atomic mass is 9.92. The van der Waals surface area contributed by atoms with Gasteiger partial charge in [-0.3, -0.25) is 0 Å². The summed E-state index contributed by atoms with van der Waals surface area (Å²) in [6.07, 6.45) is -7.19. The van der Waals surface area contributed by atoms with Gasteiger partial charge in [0.25, 0.3) is 0 Å². The number of ether oxygens (including phenoxy) is 16. The molecule has 87 heavy (non-hydrogen) atoms. The van der Waals surface area contributed by atoms with Crippen LogP contribution in [-0.4, -0.2) is 285 Å². The minimum atomic E-state index is -1.06. The summed E-state index contributed by atoms with van der Waals surface area (Å²) in [4.78, 5) is 26.3. The quantitative estimate of drug-likeness (QED) is 0.0396. The molecule has 12 unspecified atom stereocenters. The molecule has 0 spiro atoms. The molecule has 0 fully saturated rings. The Bertz CT molecular complexity index is 1550. The molecule has 0 saturated carbocycles. The molecule has 0 aromatic rings. The SMILES string of the molecule is CCC(O)COCC(COCC(O)CC)(COCC(O)CC)COCC(C)OC(=O)OC(C)COCC(COCC(O)CC)(COCC(O)CC)COCC(CC)OC(=O)OC(C)COCC(COCC(C)O)(COCC(O)CC)COCC(O)CC. The van der Waals surface area contributed by atoms with Crippen molar-refractivity contribution in [3.8, 4) is 0 Å². The molecule has 0 bridgehead atoms. The summed E-state index contributed by atoms with van der Waals surface area (Å²) >= 11 is 0.